The Morgan fingerprint density at radius 2 is 1.68 bits per heavy atom. The van der Waals surface area contributed by atoms with E-state index in [4.69, 9.17) is 9.47 Å². The van der Waals surface area contributed by atoms with Crippen LogP contribution in [-0.2, 0) is 14.2 Å². The van der Waals surface area contributed by atoms with Crippen LogP contribution in [0.2, 0.25) is 0 Å². The molecule has 4 nitrogen and oxygen atoms in total. The SMILES string of the molecule is COC(=O)c1ccc(C2O[C@@H]3CCCC[C@H]3O2)cc1. The van der Waals surface area contributed by atoms with Gasteiger partial charge in [-0.15, -0.1) is 0 Å². The van der Waals surface area contributed by atoms with Gasteiger partial charge in [0.05, 0.1) is 24.9 Å². The van der Waals surface area contributed by atoms with Gasteiger partial charge in [0.1, 0.15) is 0 Å². The van der Waals surface area contributed by atoms with E-state index >= 15 is 0 Å². The summed E-state index contributed by atoms with van der Waals surface area (Å²) >= 11 is 0. The van der Waals surface area contributed by atoms with Gasteiger partial charge >= 0.3 is 5.97 Å². The third-order valence-electron chi connectivity index (χ3n) is 3.84. The van der Waals surface area contributed by atoms with Gasteiger partial charge in [0, 0.05) is 5.56 Å². The van der Waals surface area contributed by atoms with Crippen molar-refractivity contribution >= 4 is 5.97 Å². The van der Waals surface area contributed by atoms with E-state index in [9.17, 15) is 4.79 Å². The largest absolute Gasteiger partial charge is 0.465 e. The Balaban J connectivity index is 1.71. The van der Waals surface area contributed by atoms with Gasteiger partial charge in [-0.25, -0.2) is 4.79 Å². The van der Waals surface area contributed by atoms with Crippen LogP contribution in [0.25, 0.3) is 0 Å². The van der Waals surface area contributed by atoms with Crippen molar-refractivity contribution in [3.63, 3.8) is 0 Å². The Hall–Kier alpha value is -1.39. The molecule has 1 aromatic rings. The Morgan fingerprint density at radius 1 is 1.11 bits per heavy atom. The molecule has 1 aliphatic heterocycles. The molecule has 1 aromatic carbocycles. The molecule has 1 heterocycles. The fourth-order valence-corrected chi connectivity index (χ4v) is 2.78. The number of methoxy groups -OCH3 is 1. The summed E-state index contributed by atoms with van der Waals surface area (Å²) in [7, 11) is 1.38. The molecule has 1 saturated carbocycles. The first-order chi connectivity index (χ1) is 9.28. The van der Waals surface area contributed by atoms with Crippen molar-refractivity contribution in [2.24, 2.45) is 0 Å². The molecule has 4 heteroatoms. The zero-order chi connectivity index (χ0) is 13.2. The van der Waals surface area contributed by atoms with Crippen LogP contribution in [0.4, 0.5) is 0 Å². The molecular formula is C15H18O4. The minimum atomic E-state index is -0.325. The predicted molar refractivity (Wildman–Crippen MR) is 68.7 cm³/mol. The highest BCUT2D eigenvalue weighted by Gasteiger charge is 2.38. The van der Waals surface area contributed by atoms with Gasteiger partial charge in [-0.05, 0) is 25.0 Å². The maximum absolute atomic E-state index is 11.4. The van der Waals surface area contributed by atoms with Crippen molar-refractivity contribution in [3.05, 3.63) is 35.4 Å². The molecule has 0 amide bonds. The minimum absolute atomic E-state index is 0.235. The standard InChI is InChI=1S/C15H18O4/c1-17-14(16)10-6-8-11(9-7-10)15-18-12-4-2-3-5-13(12)19-15/h6-9,12-13,15H,2-5H2,1H3/t12-,13-/m1/s1. The Kier molecular flexibility index (Phi) is 3.53. The van der Waals surface area contributed by atoms with Crippen LogP contribution in [0.1, 0.15) is 47.9 Å². The summed E-state index contributed by atoms with van der Waals surface area (Å²) in [5, 5.41) is 0. The molecule has 0 unspecified atom stereocenters. The summed E-state index contributed by atoms with van der Waals surface area (Å²) in [4.78, 5) is 11.4. The highest BCUT2D eigenvalue weighted by Crippen LogP contribution is 2.38. The van der Waals surface area contributed by atoms with Crippen LogP contribution >= 0.6 is 0 Å². The van der Waals surface area contributed by atoms with Gasteiger partial charge < -0.3 is 14.2 Å². The molecule has 0 aromatic heterocycles. The van der Waals surface area contributed by atoms with Crippen LogP contribution in [0.5, 0.6) is 0 Å². The zero-order valence-corrected chi connectivity index (χ0v) is 11.0. The number of rotatable bonds is 2. The molecular weight excluding hydrogens is 244 g/mol. The topological polar surface area (TPSA) is 44.8 Å². The van der Waals surface area contributed by atoms with Gasteiger partial charge in [-0.2, -0.15) is 0 Å². The average molecular weight is 262 g/mol. The number of hydrogen-bond acceptors (Lipinski definition) is 4. The van der Waals surface area contributed by atoms with Gasteiger partial charge in [-0.3, -0.25) is 0 Å². The lowest BCUT2D eigenvalue weighted by atomic mass is 9.95. The lowest BCUT2D eigenvalue weighted by molar-refractivity contribution is -0.0680. The fourth-order valence-electron chi connectivity index (χ4n) is 2.78. The zero-order valence-electron chi connectivity index (χ0n) is 11.0. The van der Waals surface area contributed by atoms with Crippen molar-refractivity contribution in [1.82, 2.24) is 0 Å². The first kappa shape index (κ1) is 12.6. The molecule has 0 N–H and O–H groups in total. The normalized spacial score (nSPS) is 27.0. The van der Waals surface area contributed by atoms with Crippen molar-refractivity contribution in [1.29, 1.82) is 0 Å². The van der Waals surface area contributed by atoms with Crippen LogP contribution < -0.4 is 0 Å². The number of esters is 1. The smallest absolute Gasteiger partial charge is 0.337 e. The van der Waals surface area contributed by atoms with Gasteiger partial charge in [0.25, 0.3) is 0 Å². The van der Waals surface area contributed by atoms with E-state index in [0.29, 0.717) is 5.56 Å². The van der Waals surface area contributed by atoms with Crippen LogP contribution in [0, 0.1) is 0 Å². The molecule has 0 spiro atoms. The molecule has 2 aliphatic rings. The summed E-state index contributed by atoms with van der Waals surface area (Å²) in [5.41, 5.74) is 1.50. The van der Waals surface area contributed by atoms with Crippen molar-refractivity contribution in [2.45, 2.75) is 44.2 Å². The van der Waals surface area contributed by atoms with Crippen molar-refractivity contribution < 1.29 is 19.0 Å². The van der Waals surface area contributed by atoms with E-state index in [1.54, 1.807) is 12.1 Å². The highest BCUT2D eigenvalue weighted by atomic mass is 16.7. The van der Waals surface area contributed by atoms with Gasteiger partial charge in [0.2, 0.25) is 0 Å². The first-order valence-corrected chi connectivity index (χ1v) is 6.77. The van der Waals surface area contributed by atoms with E-state index in [1.165, 1.54) is 20.0 Å². The second kappa shape index (κ2) is 5.31. The molecule has 1 saturated heterocycles. The molecule has 1 aliphatic carbocycles. The number of carbonyl (C=O) groups is 1. The maximum atomic E-state index is 11.4. The second-order valence-electron chi connectivity index (χ2n) is 5.08. The van der Waals surface area contributed by atoms with Crippen molar-refractivity contribution in [3.8, 4) is 0 Å². The van der Waals surface area contributed by atoms with Crippen LogP contribution in [0.3, 0.4) is 0 Å². The molecule has 0 bridgehead atoms. The summed E-state index contributed by atoms with van der Waals surface area (Å²) in [6.45, 7) is 0. The molecule has 19 heavy (non-hydrogen) atoms. The molecule has 2 atom stereocenters. The minimum Gasteiger partial charge on any atom is -0.465 e. The summed E-state index contributed by atoms with van der Waals surface area (Å²) in [6.07, 6.45) is 4.79. The Bertz CT molecular complexity index is 440. The van der Waals surface area contributed by atoms with Crippen LogP contribution in [0.15, 0.2) is 24.3 Å². The first-order valence-electron chi connectivity index (χ1n) is 6.77. The quantitative estimate of drug-likeness (QED) is 0.769. The Labute approximate surface area is 112 Å². The second-order valence-corrected chi connectivity index (χ2v) is 5.08. The summed E-state index contributed by atoms with van der Waals surface area (Å²) in [5.74, 6) is -0.325. The molecule has 2 fully saturated rings. The fraction of sp³-hybridized carbons (Fsp3) is 0.533. The van der Waals surface area contributed by atoms with E-state index in [-0.39, 0.29) is 24.5 Å². The average Bonchev–Trinajstić information content (AvgIpc) is 2.90. The number of benzene rings is 1. The lowest BCUT2D eigenvalue weighted by Crippen LogP contribution is -2.25. The van der Waals surface area contributed by atoms with E-state index in [1.807, 2.05) is 12.1 Å². The molecule has 0 radical (unpaired) electrons. The monoisotopic (exact) mass is 262 g/mol. The van der Waals surface area contributed by atoms with Crippen molar-refractivity contribution in [2.75, 3.05) is 7.11 Å². The lowest BCUT2D eigenvalue weighted by Gasteiger charge is -2.21. The highest BCUT2D eigenvalue weighted by molar-refractivity contribution is 5.89. The van der Waals surface area contributed by atoms with Gasteiger partial charge in [-0.1, -0.05) is 25.0 Å². The molecule has 102 valence electrons. The predicted octanol–water partition coefficient (Wildman–Crippen LogP) is 2.83. The number of hydrogen-bond donors (Lipinski definition) is 0. The van der Waals surface area contributed by atoms with E-state index in [0.717, 1.165) is 18.4 Å². The number of fused-ring (bicyclic) bond motifs is 1. The number of carbonyl (C=O) groups excluding carboxylic acids is 1. The third-order valence-corrected chi connectivity index (χ3v) is 3.84. The Morgan fingerprint density at radius 3 is 2.21 bits per heavy atom. The maximum Gasteiger partial charge on any atom is 0.337 e. The van der Waals surface area contributed by atoms with E-state index in [2.05, 4.69) is 4.74 Å². The molecule has 3 rings (SSSR count). The summed E-state index contributed by atoms with van der Waals surface area (Å²) < 4.78 is 16.6. The van der Waals surface area contributed by atoms with Gasteiger partial charge in [0.15, 0.2) is 6.29 Å². The summed E-state index contributed by atoms with van der Waals surface area (Å²) in [6, 6.07) is 7.23. The van der Waals surface area contributed by atoms with Crippen LogP contribution in [-0.4, -0.2) is 25.3 Å². The third kappa shape index (κ3) is 2.51. The number of ether oxygens (including phenoxy) is 3. The van der Waals surface area contributed by atoms with E-state index < -0.39 is 0 Å².